The molecule has 2 unspecified atom stereocenters. The molecular weight excluding hydrogens is 350 g/mol. The molecule has 2 aromatic rings. The molecule has 142 valence electrons. The number of aromatic nitrogens is 2. The summed E-state index contributed by atoms with van der Waals surface area (Å²) in [6.45, 7) is 4.00. The van der Waals surface area contributed by atoms with Gasteiger partial charge in [0.25, 0.3) is 12.9 Å². The highest BCUT2D eigenvalue weighted by molar-refractivity contribution is 5.60. The number of rotatable bonds is 8. The molecule has 2 rings (SSSR count). The van der Waals surface area contributed by atoms with Crippen molar-refractivity contribution < 1.29 is 22.3 Å². The Labute approximate surface area is 149 Å². The van der Waals surface area contributed by atoms with Crippen molar-refractivity contribution >= 4 is 0 Å². The third kappa shape index (κ3) is 5.39. The molecule has 0 amide bonds. The molecule has 0 aromatic carbocycles. The highest BCUT2D eigenvalue weighted by Crippen LogP contribution is 2.31. The van der Waals surface area contributed by atoms with E-state index >= 15 is 0 Å². The first-order valence-electron chi connectivity index (χ1n) is 8.19. The van der Waals surface area contributed by atoms with E-state index in [9.17, 15) is 17.6 Å². The zero-order valence-electron chi connectivity index (χ0n) is 14.5. The van der Waals surface area contributed by atoms with E-state index in [0.29, 0.717) is 6.42 Å². The Balaban J connectivity index is 2.24. The summed E-state index contributed by atoms with van der Waals surface area (Å²) in [5, 5.41) is 0. The van der Waals surface area contributed by atoms with Gasteiger partial charge in [-0.15, -0.1) is 0 Å². The number of nitrogens with zero attached hydrogens (tertiary/aromatic N) is 2. The van der Waals surface area contributed by atoms with Crippen LogP contribution in [0.15, 0.2) is 30.5 Å². The standard InChI is InChI=1S/C18H21F4N3O/c1-10(7-11(2)23)9-26-15-4-3-13(25-16(15)18(21)22)12-5-6-24-14(8-12)17(19)20/h3-6,8,10-11,17-18H,7,9,23H2,1-2H3. The number of alkyl halides is 4. The molecule has 0 bridgehead atoms. The van der Waals surface area contributed by atoms with Gasteiger partial charge in [0.1, 0.15) is 17.1 Å². The molecule has 0 saturated carbocycles. The summed E-state index contributed by atoms with van der Waals surface area (Å²) < 4.78 is 57.8. The van der Waals surface area contributed by atoms with Gasteiger partial charge in [-0.3, -0.25) is 4.98 Å². The molecule has 4 nitrogen and oxygen atoms in total. The summed E-state index contributed by atoms with van der Waals surface area (Å²) in [6.07, 6.45) is -3.72. The lowest BCUT2D eigenvalue weighted by molar-refractivity contribution is 0.137. The summed E-state index contributed by atoms with van der Waals surface area (Å²) in [4.78, 5) is 7.46. The molecule has 2 atom stereocenters. The van der Waals surface area contributed by atoms with Crippen LogP contribution in [0.5, 0.6) is 5.75 Å². The Morgan fingerprint density at radius 1 is 1.08 bits per heavy atom. The maximum absolute atomic E-state index is 13.4. The third-order valence-corrected chi connectivity index (χ3v) is 3.69. The van der Waals surface area contributed by atoms with Crippen LogP contribution in [-0.2, 0) is 0 Å². The van der Waals surface area contributed by atoms with Crippen molar-refractivity contribution in [3.05, 3.63) is 41.9 Å². The van der Waals surface area contributed by atoms with Crippen LogP contribution in [0.3, 0.4) is 0 Å². The second-order valence-corrected chi connectivity index (χ2v) is 6.28. The lowest BCUT2D eigenvalue weighted by Gasteiger charge is -2.17. The Hall–Kier alpha value is -2.22. The Morgan fingerprint density at radius 2 is 1.81 bits per heavy atom. The van der Waals surface area contributed by atoms with Crippen molar-refractivity contribution in [1.29, 1.82) is 0 Å². The number of nitrogens with two attached hydrogens (primary N) is 1. The van der Waals surface area contributed by atoms with Gasteiger partial charge in [0.15, 0.2) is 0 Å². The monoisotopic (exact) mass is 371 g/mol. The predicted molar refractivity (Wildman–Crippen MR) is 90.3 cm³/mol. The first-order chi connectivity index (χ1) is 12.3. The van der Waals surface area contributed by atoms with Crippen LogP contribution < -0.4 is 10.5 Å². The molecule has 0 aliphatic rings. The number of ether oxygens (including phenoxy) is 1. The van der Waals surface area contributed by atoms with Crippen molar-refractivity contribution in [2.24, 2.45) is 11.7 Å². The molecule has 2 N–H and O–H groups in total. The van der Waals surface area contributed by atoms with Crippen LogP contribution in [0.4, 0.5) is 17.6 Å². The molecule has 0 aliphatic carbocycles. The summed E-state index contributed by atoms with van der Waals surface area (Å²) in [5.74, 6) is 0.0670. The van der Waals surface area contributed by atoms with Crippen molar-refractivity contribution in [2.45, 2.75) is 39.2 Å². The normalized spacial score (nSPS) is 13.9. The summed E-state index contributed by atoms with van der Waals surface area (Å²) in [6, 6.07) is 5.40. The van der Waals surface area contributed by atoms with Crippen LogP contribution in [0.25, 0.3) is 11.3 Å². The third-order valence-electron chi connectivity index (χ3n) is 3.69. The molecule has 0 saturated heterocycles. The number of hydrogen-bond donors (Lipinski definition) is 1. The molecule has 0 fully saturated rings. The van der Waals surface area contributed by atoms with E-state index in [1.54, 1.807) is 0 Å². The fourth-order valence-electron chi connectivity index (χ4n) is 2.56. The fraction of sp³-hybridized carbons (Fsp3) is 0.444. The van der Waals surface area contributed by atoms with E-state index in [1.165, 1.54) is 24.4 Å². The highest BCUT2D eigenvalue weighted by atomic mass is 19.3. The van der Waals surface area contributed by atoms with Crippen LogP contribution >= 0.6 is 0 Å². The van der Waals surface area contributed by atoms with Gasteiger partial charge in [0.05, 0.1) is 12.3 Å². The molecule has 2 heterocycles. The second-order valence-electron chi connectivity index (χ2n) is 6.28. The predicted octanol–water partition coefficient (Wildman–Crippen LogP) is 4.77. The van der Waals surface area contributed by atoms with Crippen LogP contribution in [-0.4, -0.2) is 22.6 Å². The van der Waals surface area contributed by atoms with Crippen LogP contribution in [0, 0.1) is 5.92 Å². The maximum atomic E-state index is 13.4. The molecule has 0 spiro atoms. The van der Waals surface area contributed by atoms with Crippen molar-refractivity contribution in [3.63, 3.8) is 0 Å². The lowest BCUT2D eigenvalue weighted by atomic mass is 10.0. The van der Waals surface area contributed by atoms with Gasteiger partial charge in [-0.05, 0) is 43.5 Å². The van der Waals surface area contributed by atoms with Gasteiger partial charge in [-0.2, -0.15) is 0 Å². The average Bonchev–Trinajstić information content (AvgIpc) is 2.59. The number of hydrogen-bond acceptors (Lipinski definition) is 4. The van der Waals surface area contributed by atoms with Gasteiger partial charge in [0, 0.05) is 17.8 Å². The largest absolute Gasteiger partial charge is 0.491 e. The Bertz CT molecular complexity index is 725. The van der Waals surface area contributed by atoms with E-state index in [0.717, 1.165) is 6.07 Å². The quantitative estimate of drug-likeness (QED) is 0.679. The van der Waals surface area contributed by atoms with Crippen LogP contribution in [0.2, 0.25) is 0 Å². The molecule has 0 aliphatic heterocycles. The smallest absolute Gasteiger partial charge is 0.284 e. The zero-order chi connectivity index (χ0) is 19.3. The molecule has 0 radical (unpaired) electrons. The van der Waals surface area contributed by atoms with E-state index < -0.39 is 24.2 Å². The molecule has 26 heavy (non-hydrogen) atoms. The zero-order valence-corrected chi connectivity index (χ0v) is 14.5. The lowest BCUT2D eigenvalue weighted by Crippen LogP contribution is -2.21. The molecule has 2 aromatic heterocycles. The van der Waals surface area contributed by atoms with Crippen molar-refractivity contribution in [1.82, 2.24) is 9.97 Å². The fourth-order valence-corrected chi connectivity index (χ4v) is 2.56. The van der Waals surface area contributed by atoms with E-state index in [1.807, 2.05) is 13.8 Å². The minimum Gasteiger partial charge on any atom is -0.491 e. The van der Waals surface area contributed by atoms with Gasteiger partial charge >= 0.3 is 0 Å². The molecule has 8 heteroatoms. The highest BCUT2D eigenvalue weighted by Gasteiger charge is 2.19. The Morgan fingerprint density at radius 3 is 2.42 bits per heavy atom. The average molecular weight is 371 g/mol. The summed E-state index contributed by atoms with van der Waals surface area (Å²) in [5.41, 5.74) is 5.19. The summed E-state index contributed by atoms with van der Waals surface area (Å²) >= 11 is 0. The second kappa shape index (κ2) is 8.93. The first kappa shape index (κ1) is 20.1. The number of pyridine rings is 2. The van der Waals surface area contributed by atoms with Gasteiger partial charge in [-0.25, -0.2) is 22.5 Å². The van der Waals surface area contributed by atoms with E-state index in [4.69, 9.17) is 10.5 Å². The Kier molecular flexibility index (Phi) is 6.90. The first-order valence-corrected chi connectivity index (χ1v) is 8.19. The van der Waals surface area contributed by atoms with Crippen LogP contribution in [0.1, 0.15) is 44.5 Å². The minimum atomic E-state index is -2.86. The maximum Gasteiger partial charge on any atom is 0.284 e. The number of halogens is 4. The van der Waals surface area contributed by atoms with E-state index in [-0.39, 0.29) is 35.6 Å². The van der Waals surface area contributed by atoms with E-state index in [2.05, 4.69) is 9.97 Å². The van der Waals surface area contributed by atoms with Gasteiger partial charge in [0.2, 0.25) is 0 Å². The molecular formula is C18H21F4N3O. The van der Waals surface area contributed by atoms with Gasteiger partial charge < -0.3 is 10.5 Å². The topological polar surface area (TPSA) is 61.0 Å². The van der Waals surface area contributed by atoms with Gasteiger partial charge in [-0.1, -0.05) is 6.92 Å². The SMILES string of the molecule is CC(N)CC(C)COc1ccc(-c2ccnc(C(F)F)c2)nc1C(F)F. The van der Waals surface area contributed by atoms with Crippen molar-refractivity contribution in [2.75, 3.05) is 6.61 Å². The summed E-state index contributed by atoms with van der Waals surface area (Å²) in [7, 11) is 0. The minimum absolute atomic E-state index is 0.0145. The van der Waals surface area contributed by atoms with Crippen molar-refractivity contribution in [3.8, 4) is 17.0 Å².